The largest absolute Gasteiger partial charge is 0.497 e. The van der Waals surface area contributed by atoms with Crippen molar-refractivity contribution in [3.8, 4) is 5.75 Å². The van der Waals surface area contributed by atoms with Gasteiger partial charge in [0.2, 0.25) is 11.8 Å². The van der Waals surface area contributed by atoms with E-state index in [1.807, 2.05) is 0 Å². The van der Waals surface area contributed by atoms with Crippen molar-refractivity contribution in [2.24, 2.45) is 5.92 Å². The fourth-order valence-electron chi connectivity index (χ4n) is 2.89. The third-order valence-corrected chi connectivity index (χ3v) is 4.35. The second-order valence-corrected chi connectivity index (χ2v) is 6.06. The monoisotopic (exact) mass is 360 g/mol. The van der Waals surface area contributed by atoms with Crippen molar-refractivity contribution in [1.29, 1.82) is 0 Å². The van der Waals surface area contributed by atoms with E-state index in [4.69, 9.17) is 4.74 Å². The van der Waals surface area contributed by atoms with Gasteiger partial charge in [-0.05, 0) is 30.3 Å². The Kier molecular flexibility index (Phi) is 5.16. The fourth-order valence-corrected chi connectivity index (χ4v) is 2.89. The minimum atomic E-state index is -0.715. The molecular weight excluding hydrogens is 342 g/mol. The number of nitrogens with one attached hydrogen (secondary N) is 1. The Bertz CT molecular complexity index is 824. The van der Waals surface area contributed by atoms with E-state index in [1.165, 1.54) is 6.07 Å². The number of carbonyl (C=O) groups excluding carboxylic acids is 2. The highest BCUT2D eigenvalue weighted by Gasteiger charge is 2.35. The molecule has 1 fully saturated rings. The van der Waals surface area contributed by atoms with Crippen LogP contribution >= 0.6 is 0 Å². The van der Waals surface area contributed by atoms with Crippen molar-refractivity contribution in [1.82, 2.24) is 5.32 Å². The van der Waals surface area contributed by atoms with Crippen LogP contribution in [0.15, 0.2) is 42.5 Å². The van der Waals surface area contributed by atoms with Gasteiger partial charge in [-0.3, -0.25) is 9.59 Å². The summed E-state index contributed by atoms with van der Waals surface area (Å²) in [4.78, 5) is 26.1. The molecule has 0 aliphatic carbocycles. The molecule has 1 heterocycles. The molecule has 0 unspecified atom stereocenters. The molecule has 136 valence electrons. The summed E-state index contributed by atoms with van der Waals surface area (Å²) < 4.78 is 31.6. The van der Waals surface area contributed by atoms with E-state index in [-0.39, 0.29) is 36.9 Å². The topological polar surface area (TPSA) is 58.6 Å². The maximum atomic E-state index is 13.6. The van der Waals surface area contributed by atoms with Crippen molar-refractivity contribution in [2.75, 3.05) is 18.6 Å². The van der Waals surface area contributed by atoms with Gasteiger partial charge in [-0.1, -0.05) is 6.07 Å². The molecule has 2 aromatic rings. The van der Waals surface area contributed by atoms with Crippen molar-refractivity contribution in [2.45, 2.75) is 13.0 Å². The second-order valence-electron chi connectivity index (χ2n) is 6.06. The second kappa shape index (κ2) is 7.51. The molecule has 3 rings (SSSR count). The van der Waals surface area contributed by atoms with Gasteiger partial charge >= 0.3 is 0 Å². The molecule has 26 heavy (non-hydrogen) atoms. The van der Waals surface area contributed by atoms with Crippen LogP contribution < -0.4 is 15.0 Å². The van der Waals surface area contributed by atoms with Crippen LogP contribution in [-0.2, 0) is 16.1 Å². The third kappa shape index (κ3) is 3.82. The Morgan fingerprint density at radius 1 is 1.23 bits per heavy atom. The minimum absolute atomic E-state index is 0.0574. The van der Waals surface area contributed by atoms with E-state index < -0.39 is 17.6 Å². The van der Waals surface area contributed by atoms with Gasteiger partial charge in [0.15, 0.2) is 0 Å². The molecule has 0 aromatic heterocycles. The Morgan fingerprint density at radius 2 is 1.96 bits per heavy atom. The van der Waals surface area contributed by atoms with Gasteiger partial charge in [0.1, 0.15) is 17.4 Å². The van der Waals surface area contributed by atoms with Crippen LogP contribution in [0.2, 0.25) is 0 Å². The van der Waals surface area contributed by atoms with Crippen LogP contribution in [0.1, 0.15) is 12.0 Å². The first kappa shape index (κ1) is 17.8. The van der Waals surface area contributed by atoms with Gasteiger partial charge in [0.25, 0.3) is 0 Å². The first-order chi connectivity index (χ1) is 12.5. The van der Waals surface area contributed by atoms with Gasteiger partial charge in [0, 0.05) is 36.8 Å². The lowest BCUT2D eigenvalue weighted by Gasteiger charge is -2.17. The molecule has 5 nitrogen and oxygen atoms in total. The Morgan fingerprint density at radius 3 is 2.62 bits per heavy atom. The molecule has 0 spiro atoms. The number of carbonyl (C=O) groups is 2. The van der Waals surface area contributed by atoms with Gasteiger partial charge in [0.05, 0.1) is 13.0 Å². The number of ether oxygens (including phenoxy) is 1. The summed E-state index contributed by atoms with van der Waals surface area (Å²) in [5.74, 6) is -1.72. The van der Waals surface area contributed by atoms with Crippen LogP contribution in [0.25, 0.3) is 0 Å². The number of anilines is 1. The van der Waals surface area contributed by atoms with Gasteiger partial charge < -0.3 is 15.0 Å². The maximum absolute atomic E-state index is 13.6. The quantitative estimate of drug-likeness (QED) is 0.892. The summed E-state index contributed by atoms with van der Waals surface area (Å²) in [5.41, 5.74) is 0.881. The SMILES string of the molecule is COc1ccc(N2C[C@@H](C(=O)NCc3ccc(F)cc3F)CC2=O)cc1. The van der Waals surface area contributed by atoms with Crippen LogP contribution in [-0.4, -0.2) is 25.5 Å². The summed E-state index contributed by atoms with van der Waals surface area (Å²) in [7, 11) is 1.56. The lowest BCUT2D eigenvalue weighted by atomic mass is 10.1. The highest BCUT2D eigenvalue weighted by atomic mass is 19.1. The Balaban J connectivity index is 1.61. The molecule has 1 N–H and O–H groups in total. The number of hydrogen-bond donors (Lipinski definition) is 1. The molecule has 0 saturated carbocycles. The number of amides is 2. The predicted molar refractivity (Wildman–Crippen MR) is 91.7 cm³/mol. The molecule has 1 aliphatic rings. The average Bonchev–Trinajstić information content (AvgIpc) is 3.02. The molecule has 7 heteroatoms. The number of hydrogen-bond acceptors (Lipinski definition) is 3. The molecule has 2 amide bonds. The number of nitrogens with zero attached hydrogens (tertiary/aromatic N) is 1. The first-order valence-corrected chi connectivity index (χ1v) is 8.14. The van der Waals surface area contributed by atoms with E-state index in [1.54, 1.807) is 36.3 Å². The number of benzene rings is 2. The summed E-state index contributed by atoms with van der Waals surface area (Å²) in [6, 6.07) is 10.2. The highest BCUT2D eigenvalue weighted by molar-refractivity contribution is 6.00. The van der Waals surface area contributed by atoms with Crippen LogP contribution in [0, 0.1) is 17.6 Å². The summed E-state index contributed by atoms with van der Waals surface area (Å²) in [5, 5.41) is 2.61. The molecule has 2 aromatic carbocycles. The first-order valence-electron chi connectivity index (χ1n) is 8.14. The molecular formula is C19H18F2N2O3. The number of rotatable bonds is 5. The summed E-state index contributed by atoms with van der Waals surface area (Å²) >= 11 is 0. The standard InChI is InChI=1S/C19H18F2N2O3/c1-26-16-6-4-15(5-7-16)23-11-13(8-18(23)24)19(25)22-10-12-2-3-14(20)9-17(12)21/h2-7,9,13H,8,10-11H2,1H3,(H,22,25)/t13-/m0/s1. The molecule has 1 atom stereocenters. The van der Waals surface area contributed by atoms with Crippen molar-refractivity contribution in [3.05, 3.63) is 59.7 Å². The Hall–Kier alpha value is -2.96. The smallest absolute Gasteiger partial charge is 0.227 e. The predicted octanol–water partition coefficient (Wildman–Crippen LogP) is 2.64. The average molecular weight is 360 g/mol. The maximum Gasteiger partial charge on any atom is 0.227 e. The van der Waals surface area contributed by atoms with E-state index in [2.05, 4.69) is 5.32 Å². The zero-order valence-electron chi connectivity index (χ0n) is 14.2. The van der Waals surface area contributed by atoms with Gasteiger partial charge in [-0.2, -0.15) is 0 Å². The molecule has 1 aliphatic heterocycles. The zero-order valence-corrected chi connectivity index (χ0v) is 14.2. The normalized spacial score (nSPS) is 16.7. The van der Waals surface area contributed by atoms with E-state index in [9.17, 15) is 18.4 Å². The van der Waals surface area contributed by atoms with Crippen molar-refractivity contribution < 1.29 is 23.1 Å². The fraction of sp³-hybridized carbons (Fsp3) is 0.263. The zero-order chi connectivity index (χ0) is 18.7. The van der Waals surface area contributed by atoms with Gasteiger partial charge in [-0.15, -0.1) is 0 Å². The number of methoxy groups -OCH3 is 1. The van der Waals surface area contributed by atoms with Crippen molar-refractivity contribution >= 4 is 17.5 Å². The lowest BCUT2D eigenvalue weighted by Crippen LogP contribution is -2.32. The molecule has 0 radical (unpaired) electrons. The highest BCUT2D eigenvalue weighted by Crippen LogP contribution is 2.27. The molecule has 0 bridgehead atoms. The van der Waals surface area contributed by atoms with E-state index in [0.717, 1.165) is 12.1 Å². The Labute approximate surface area is 149 Å². The van der Waals surface area contributed by atoms with Gasteiger partial charge in [-0.25, -0.2) is 8.78 Å². The summed E-state index contributed by atoms with van der Waals surface area (Å²) in [6.07, 6.45) is 0.0871. The third-order valence-electron chi connectivity index (χ3n) is 4.35. The van der Waals surface area contributed by atoms with E-state index >= 15 is 0 Å². The molecule has 1 saturated heterocycles. The van der Waals surface area contributed by atoms with Crippen LogP contribution in [0.3, 0.4) is 0 Å². The van der Waals surface area contributed by atoms with Crippen LogP contribution in [0.5, 0.6) is 5.75 Å². The number of halogens is 2. The minimum Gasteiger partial charge on any atom is -0.497 e. The van der Waals surface area contributed by atoms with E-state index in [0.29, 0.717) is 11.4 Å². The van der Waals surface area contributed by atoms with Crippen LogP contribution in [0.4, 0.5) is 14.5 Å². The summed E-state index contributed by atoms with van der Waals surface area (Å²) in [6.45, 7) is 0.196. The van der Waals surface area contributed by atoms with Crippen molar-refractivity contribution in [3.63, 3.8) is 0 Å². The lowest BCUT2D eigenvalue weighted by molar-refractivity contribution is -0.126.